The minimum Gasteiger partial charge on any atom is -0.368 e. The quantitative estimate of drug-likeness (QED) is 0.468. The van der Waals surface area contributed by atoms with Crippen molar-refractivity contribution in [1.82, 2.24) is 20.1 Å². The number of hydrogen-bond donors (Lipinski definition) is 1. The van der Waals surface area contributed by atoms with Crippen LogP contribution in [-0.2, 0) is 17.8 Å². The van der Waals surface area contributed by atoms with Crippen LogP contribution in [0.4, 0.5) is 11.4 Å². The fourth-order valence-corrected chi connectivity index (χ4v) is 6.90. The van der Waals surface area contributed by atoms with Crippen molar-refractivity contribution in [2.45, 2.75) is 45.2 Å². The second kappa shape index (κ2) is 12.1. The second-order valence-corrected chi connectivity index (χ2v) is 12.0. The molecule has 0 saturated carbocycles. The van der Waals surface area contributed by atoms with E-state index >= 15 is 0 Å². The van der Waals surface area contributed by atoms with Crippen LogP contribution in [0.2, 0.25) is 0 Å². The molecule has 0 bridgehead atoms. The SMILES string of the molecule is C=CC(=O)N1CCN(c2cc(C(=O)N[C@@H]3CCCCN(C)C3)nc3c2CCN(c2cccc4cccc(C)c24)C3)CC1. The highest BCUT2D eigenvalue weighted by Crippen LogP contribution is 2.35. The topological polar surface area (TPSA) is 72.0 Å². The lowest BCUT2D eigenvalue weighted by molar-refractivity contribution is -0.126. The van der Waals surface area contributed by atoms with Crippen LogP contribution >= 0.6 is 0 Å². The summed E-state index contributed by atoms with van der Waals surface area (Å²) in [5.74, 6) is -0.126. The van der Waals surface area contributed by atoms with Crippen molar-refractivity contribution in [3.63, 3.8) is 0 Å². The van der Waals surface area contributed by atoms with Crippen LogP contribution in [0.1, 0.15) is 46.6 Å². The number of rotatable bonds is 5. The van der Waals surface area contributed by atoms with Gasteiger partial charge >= 0.3 is 0 Å². The maximum Gasteiger partial charge on any atom is 0.270 e. The summed E-state index contributed by atoms with van der Waals surface area (Å²) >= 11 is 0. The lowest BCUT2D eigenvalue weighted by Crippen LogP contribution is -2.49. The molecule has 3 aliphatic heterocycles. The number of benzene rings is 2. The number of nitrogens with one attached hydrogen (secondary N) is 1. The lowest BCUT2D eigenvalue weighted by atomic mass is 9.97. The van der Waals surface area contributed by atoms with Gasteiger partial charge in [-0.05, 0) is 68.9 Å². The zero-order chi connectivity index (χ0) is 29.2. The first-order valence-electron chi connectivity index (χ1n) is 15.3. The van der Waals surface area contributed by atoms with Gasteiger partial charge in [0, 0.05) is 67.6 Å². The molecule has 2 aromatic carbocycles. The highest BCUT2D eigenvalue weighted by molar-refractivity contribution is 5.97. The Morgan fingerprint density at radius 1 is 0.976 bits per heavy atom. The molecule has 2 amide bonds. The average molecular weight is 567 g/mol. The number of anilines is 2. The van der Waals surface area contributed by atoms with Crippen molar-refractivity contribution in [3.05, 3.63) is 77.6 Å². The number of carbonyl (C=O) groups excluding carboxylic acids is 2. The molecule has 3 aromatic rings. The van der Waals surface area contributed by atoms with Gasteiger partial charge in [-0.2, -0.15) is 0 Å². The Hall–Kier alpha value is -3.91. The summed E-state index contributed by atoms with van der Waals surface area (Å²) in [4.78, 5) is 39.9. The molecule has 8 heteroatoms. The Kier molecular flexibility index (Phi) is 8.16. The number of nitrogens with zero attached hydrogens (tertiary/aromatic N) is 5. The summed E-state index contributed by atoms with van der Waals surface area (Å²) in [6.07, 6.45) is 5.50. The summed E-state index contributed by atoms with van der Waals surface area (Å²) in [6.45, 7) is 12.0. The van der Waals surface area contributed by atoms with Crippen LogP contribution in [0.3, 0.4) is 0 Å². The van der Waals surface area contributed by atoms with Gasteiger partial charge in [-0.25, -0.2) is 4.98 Å². The van der Waals surface area contributed by atoms with E-state index in [4.69, 9.17) is 4.98 Å². The molecule has 3 aliphatic rings. The Morgan fingerprint density at radius 2 is 1.76 bits per heavy atom. The number of pyridine rings is 1. The van der Waals surface area contributed by atoms with Gasteiger partial charge in [0.25, 0.3) is 5.91 Å². The van der Waals surface area contributed by atoms with Crippen LogP contribution in [0.15, 0.2) is 55.1 Å². The number of carbonyl (C=O) groups is 2. The highest BCUT2D eigenvalue weighted by Gasteiger charge is 2.29. The molecule has 220 valence electrons. The summed E-state index contributed by atoms with van der Waals surface area (Å²) in [7, 11) is 2.13. The molecular weight excluding hydrogens is 524 g/mol. The first-order valence-corrected chi connectivity index (χ1v) is 15.3. The predicted molar refractivity (Wildman–Crippen MR) is 169 cm³/mol. The van der Waals surface area contributed by atoms with E-state index in [1.807, 2.05) is 11.0 Å². The van der Waals surface area contributed by atoms with Crippen LogP contribution in [-0.4, -0.2) is 85.5 Å². The van der Waals surface area contributed by atoms with E-state index < -0.39 is 0 Å². The maximum absolute atomic E-state index is 13.7. The molecule has 1 N–H and O–H groups in total. The van der Waals surface area contributed by atoms with Gasteiger partial charge in [0.05, 0.1) is 12.2 Å². The largest absolute Gasteiger partial charge is 0.368 e. The third kappa shape index (κ3) is 5.73. The summed E-state index contributed by atoms with van der Waals surface area (Å²) in [5.41, 5.74) is 6.23. The lowest BCUT2D eigenvalue weighted by Gasteiger charge is -2.39. The van der Waals surface area contributed by atoms with Crippen molar-refractivity contribution in [2.75, 3.05) is 62.7 Å². The van der Waals surface area contributed by atoms with E-state index in [1.54, 1.807) is 0 Å². The van der Waals surface area contributed by atoms with Crippen LogP contribution in [0, 0.1) is 6.92 Å². The zero-order valence-corrected chi connectivity index (χ0v) is 24.9. The second-order valence-electron chi connectivity index (χ2n) is 12.0. The van der Waals surface area contributed by atoms with E-state index in [0.29, 0.717) is 25.3 Å². The van der Waals surface area contributed by atoms with Gasteiger partial charge in [0.15, 0.2) is 0 Å². The summed E-state index contributed by atoms with van der Waals surface area (Å²) < 4.78 is 0. The molecule has 8 nitrogen and oxygen atoms in total. The molecule has 4 heterocycles. The number of aryl methyl sites for hydroxylation is 1. The van der Waals surface area contributed by atoms with Crippen LogP contribution < -0.4 is 15.1 Å². The predicted octanol–water partition coefficient (Wildman–Crippen LogP) is 4.15. The Bertz CT molecular complexity index is 1490. The standard InChI is InChI=1S/C34H42N6O2/c1-4-32(41)39-19-17-38(18-20-39)31-21-28(34(42)35-26-12-5-6-15-37(3)22-26)36-29-23-40(16-14-27(29)31)30-13-8-11-25-10-7-9-24(2)33(25)30/h4,7-11,13,21,26H,1,5-6,12,14-20,22-23H2,2-3H3,(H,35,42)/t26-/m1/s1. The summed E-state index contributed by atoms with van der Waals surface area (Å²) in [5, 5.41) is 5.82. The number of piperazine rings is 1. The van der Waals surface area contributed by atoms with Crippen LogP contribution in [0.25, 0.3) is 10.8 Å². The third-order valence-electron chi connectivity index (χ3n) is 9.14. The molecule has 0 spiro atoms. The van der Waals surface area contributed by atoms with E-state index in [-0.39, 0.29) is 17.9 Å². The number of likely N-dealkylation sites (tertiary alicyclic amines) is 1. The third-order valence-corrected chi connectivity index (χ3v) is 9.14. The normalized spacial score (nSPS) is 19.8. The smallest absolute Gasteiger partial charge is 0.270 e. The molecule has 0 unspecified atom stereocenters. The van der Waals surface area contributed by atoms with Gasteiger partial charge in [-0.3, -0.25) is 9.59 Å². The molecule has 0 aliphatic carbocycles. The van der Waals surface area contributed by atoms with Crippen molar-refractivity contribution < 1.29 is 9.59 Å². The van der Waals surface area contributed by atoms with Gasteiger partial charge in [0.1, 0.15) is 5.69 Å². The molecule has 1 aromatic heterocycles. The highest BCUT2D eigenvalue weighted by atomic mass is 16.2. The Labute approximate surface area is 249 Å². The number of aromatic nitrogens is 1. The molecule has 0 radical (unpaired) electrons. The fraction of sp³-hybridized carbons (Fsp3) is 0.441. The van der Waals surface area contributed by atoms with Gasteiger partial charge in [-0.1, -0.05) is 43.3 Å². The number of hydrogen-bond acceptors (Lipinski definition) is 6. The Balaban J connectivity index is 1.33. The van der Waals surface area contributed by atoms with Crippen molar-refractivity contribution in [3.8, 4) is 0 Å². The monoisotopic (exact) mass is 566 g/mol. The fourth-order valence-electron chi connectivity index (χ4n) is 6.90. The van der Waals surface area contributed by atoms with Gasteiger partial charge < -0.3 is 24.9 Å². The molecule has 1 atom stereocenters. The Morgan fingerprint density at radius 3 is 2.55 bits per heavy atom. The zero-order valence-electron chi connectivity index (χ0n) is 24.9. The molecule has 6 rings (SSSR count). The first kappa shape index (κ1) is 28.2. The van der Waals surface area contributed by atoms with E-state index in [0.717, 1.165) is 69.8 Å². The summed E-state index contributed by atoms with van der Waals surface area (Å²) in [6, 6.07) is 15.1. The number of likely N-dealkylation sites (N-methyl/N-ethyl adjacent to an activating group) is 1. The van der Waals surface area contributed by atoms with E-state index in [9.17, 15) is 9.59 Å². The average Bonchev–Trinajstić information content (AvgIpc) is 3.22. The van der Waals surface area contributed by atoms with Crippen molar-refractivity contribution >= 4 is 34.0 Å². The molecule has 2 saturated heterocycles. The van der Waals surface area contributed by atoms with Gasteiger partial charge in [0.2, 0.25) is 5.91 Å². The molecule has 42 heavy (non-hydrogen) atoms. The van der Waals surface area contributed by atoms with Crippen molar-refractivity contribution in [1.29, 1.82) is 0 Å². The minimum absolute atomic E-state index is 0.0270. The van der Waals surface area contributed by atoms with E-state index in [2.05, 4.69) is 77.0 Å². The molecule has 2 fully saturated rings. The molecular formula is C34H42N6O2. The first-order chi connectivity index (χ1) is 20.4. The van der Waals surface area contributed by atoms with Crippen molar-refractivity contribution in [2.24, 2.45) is 0 Å². The maximum atomic E-state index is 13.7. The number of fused-ring (bicyclic) bond motifs is 2. The van der Waals surface area contributed by atoms with E-state index in [1.165, 1.54) is 33.7 Å². The minimum atomic E-state index is -0.0991. The van der Waals surface area contributed by atoms with Gasteiger partial charge in [-0.15, -0.1) is 0 Å². The number of amides is 2. The van der Waals surface area contributed by atoms with Crippen LogP contribution in [0.5, 0.6) is 0 Å².